The molecule has 0 spiro atoms. The topological polar surface area (TPSA) is 17.1 Å². The van der Waals surface area contributed by atoms with E-state index in [-0.39, 0.29) is 5.78 Å². The Hall–Kier alpha value is -1.55. The molecule has 0 fully saturated rings. The second kappa shape index (κ2) is 4.29. The highest BCUT2D eigenvalue weighted by atomic mass is 16.1. The molecule has 11 heavy (non-hydrogen) atoms. The summed E-state index contributed by atoms with van der Waals surface area (Å²) in [7, 11) is 0. The van der Waals surface area contributed by atoms with Crippen LogP contribution in [0, 0.1) is 12.3 Å². The van der Waals surface area contributed by atoms with Crippen LogP contribution in [-0.2, 0) is 4.79 Å². The fourth-order valence-corrected chi connectivity index (χ4v) is 0.367. The van der Waals surface area contributed by atoms with Gasteiger partial charge in [-0.1, -0.05) is 25.2 Å². The molecule has 0 rings (SSSR count). The van der Waals surface area contributed by atoms with Gasteiger partial charge in [-0.3, -0.25) is 4.79 Å². The smallest absolute Gasteiger partial charge is 0.159 e. The van der Waals surface area contributed by atoms with Crippen molar-refractivity contribution in [1.82, 2.24) is 0 Å². The summed E-state index contributed by atoms with van der Waals surface area (Å²) in [5, 5.41) is 0. The summed E-state index contributed by atoms with van der Waals surface area (Å²) in [6.45, 7) is 8.49. The van der Waals surface area contributed by atoms with Crippen LogP contribution >= 0.6 is 0 Å². The quantitative estimate of drug-likeness (QED) is 0.337. The molecule has 0 radical (unpaired) electrons. The lowest BCUT2D eigenvalue weighted by molar-refractivity contribution is -0.113. The van der Waals surface area contributed by atoms with Crippen molar-refractivity contribution in [2.75, 3.05) is 0 Å². The number of carbonyl (C=O) groups excluding carboxylic acids is 1. The van der Waals surface area contributed by atoms with Crippen molar-refractivity contribution in [2.45, 2.75) is 6.92 Å². The lowest BCUT2D eigenvalue weighted by atomic mass is 10.2. The van der Waals surface area contributed by atoms with E-state index in [1.165, 1.54) is 6.92 Å². The molecule has 1 nitrogen and oxygen atoms in total. The number of rotatable bonds is 3. The predicted molar refractivity (Wildman–Crippen MR) is 46.9 cm³/mol. The molecule has 0 aromatic heterocycles. The van der Waals surface area contributed by atoms with E-state index in [9.17, 15) is 4.79 Å². The number of Topliss-reactive ketones (excluding diaryl/α,β-unsaturated/α-hetero) is 1. The van der Waals surface area contributed by atoms with Crippen LogP contribution in [0.2, 0.25) is 0 Å². The molecule has 0 unspecified atom stereocenters. The Bertz CT molecular complexity index is 261. The minimum Gasteiger partial charge on any atom is -0.295 e. The molecule has 0 heterocycles. The van der Waals surface area contributed by atoms with Crippen molar-refractivity contribution in [3.8, 4) is 12.3 Å². The van der Waals surface area contributed by atoms with Crippen LogP contribution < -0.4 is 0 Å². The molecule has 0 saturated carbocycles. The van der Waals surface area contributed by atoms with Gasteiger partial charge in [-0.05, 0) is 13.0 Å². The summed E-state index contributed by atoms with van der Waals surface area (Å²) in [5.41, 5.74) is 0.966. The number of hydrogen-bond donors (Lipinski definition) is 0. The molecule has 0 aromatic rings. The maximum atomic E-state index is 10.6. The van der Waals surface area contributed by atoms with Crippen LogP contribution in [0.15, 0.2) is 36.5 Å². The first-order valence-corrected chi connectivity index (χ1v) is 3.11. The first-order chi connectivity index (χ1) is 5.07. The fraction of sp³-hybridized carbons (Fsp3) is 0.100. The van der Waals surface area contributed by atoms with Crippen molar-refractivity contribution in [3.05, 3.63) is 36.5 Å². The molecule has 0 aliphatic carbocycles. The number of ketones is 1. The molecular formula is C10H10O. The summed E-state index contributed by atoms with van der Waals surface area (Å²) >= 11 is 0. The summed E-state index contributed by atoms with van der Waals surface area (Å²) in [6, 6.07) is 0. The molecule has 0 saturated heterocycles. The zero-order valence-corrected chi connectivity index (χ0v) is 6.55. The van der Waals surface area contributed by atoms with Gasteiger partial charge in [0, 0.05) is 11.1 Å². The van der Waals surface area contributed by atoms with Gasteiger partial charge < -0.3 is 0 Å². The Morgan fingerprint density at radius 2 is 2.00 bits per heavy atom. The highest BCUT2D eigenvalue weighted by Crippen LogP contribution is 1.97. The fourth-order valence-electron chi connectivity index (χ4n) is 0.367. The largest absolute Gasteiger partial charge is 0.295 e. The lowest BCUT2D eigenvalue weighted by Crippen LogP contribution is -1.89. The third-order valence-electron chi connectivity index (χ3n) is 1.12. The third-order valence-corrected chi connectivity index (χ3v) is 1.12. The van der Waals surface area contributed by atoms with E-state index in [2.05, 4.69) is 19.1 Å². The van der Waals surface area contributed by atoms with E-state index in [1.54, 1.807) is 12.2 Å². The number of hydrogen-bond acceptors (Lipinski definition) is 1. The van der Waals surface area contributed by atoms with E-state index < -0.39 is 0 Å². The maximum Gasteiger partial charge on any atom is 0.159 e. The van der Waals surface area contributed by atoms with Gasteiger partial charge in [0.15, 0.2) is 5.78 Å². The van der Waals surface area contributed by atoms with Gasteiger partial charge in [-0.25, -0.2) is 0 Å². The van der Waals surface area contributed by atoms with E-state index in [1.807, 2.05) is 0 Å². The summed E-state index contributed by atoms with van der Waals surface area (Å²) in [5.74, 6) is 2.26. The predicted octanol–water partition coefficient (Wildman–Crippen LogP) is 1.88. The molecule has 1 heteroatoms. The molecule has 0 aliphatic heterocycles. The van der Waals surface area contributed by atoms with E-state index in [0.717, 1.165) is 0 Å². The standard InChI is InChI=1S/C10H10O/c1-5-8(2)6-7-9(3)10(4)11/h1,6-7H,2-3H2,4H3. The zero-order chi connectivity index (χ0) is 8.85. The molecule has 0 N–H and O–H groups in total. The average Bonchev–Trinajstić information content (AvgIpc) is 1.99. The number of allylic oxidation sites excluding steroid dienone is 4. The van der Waals surface area contributed by atoms with E-state index >= 15 is 0 Å². The zero-order valence-electron chi connectivity index (χ0n) is 6.55. The Morgan fingerprint density at radius 3 is 2.36 bits per heavy atom. The van der Waals surface area contributed by atoms with Gasteiger partial charge in [0.2, 0.25) is 0 Å². The van der Waals surface area contributed by atoms with Crippen LogP contribution in [0.25, 0.3) is 0 Å². The van der Waals surface area contributed by atoms with E-state index in [4.69, 9.17) is 6.42 Å². The minimum absolute atomic E-state index is 0.0638. The van der Waals surface area contributed by atoms with Crippen LogP contribution in [-0.4, -0.2) is 5.78 Å². The van der Waals surface area contributed by atoms with Crippen LogP contribution in [0.1, 0.15) is 6.92 Å². The Kier molecular flexibility index (Phi) is 3.69. The SMILES string of the molecule is C#CC(=C)C=CC(=C)C(C)=O. The summed E-state index contributed by atoms with van der Waals surface area (Å²) in [6.07, 6.45) is 8.17. The molecule has 0 aliphatic rings. The Morgan fingerprint density at radius 1 is 1.45 bits per heavy atom. The Labute approximate surface area is 67.1 Å². The molecule has 0 amide bonds. The number of carbonyl (C=O) groups is 1. The Balaban J connectivity index is 4.18. The normalized spacial score (nSPS) is 9.09. The van der Waals surface area contributed by atoms with Gasteiger partial charge in [0.25, 0.3) is 0 Å². The third kappa shape index (κ3) is 3.94. The van der Waals surface area contributed by atoms with Gasteiger partial charge in [-0.2, -0.15) is 0 Å². The van der Waals surface area contributed by atoms with Crippen molar-refractivity contribution in [1.29, 1.82) is 0 Å². The second-order valence-corrected chi connectivity index (χ2v) is 2.08. The molecule has 0 bridgehead atoms. The van der Waals surface area contributed by atoms with Gasteiger partial charge in [0.05, 0.1) is 0 Å². The van der Waals surface area contributed by atoms with Crippen LogP contribution in [0.4, 0.5) is 0 Å². The van der Waals surface area contributed by atoms with Gasteiger partial charge in [-0.15, -0.1) is 6.42 Å². The summed E-state index contributed by atoms with van der Waals surface area (Å²) in [4.78, 5) is 10.6. The van der Waals surface area contributed by atoms with Crippen LogP contribution in [0.3, 0.4) is 0 Å². The second-order valence-electron chi connectivity index (χ2n) is 2.08. The molecule has 56 valence electrons. The van der Waals surface area contributed by atoms with Crippen molar-refractivity contribution in [3.63, 3.8) is 0 Å². The van der Waals surface area contributed by atoms with Crippen molar-refractivity contribution < 1.29 is 4.79 Å². The lowest BCUT2D eigenvalue weighted by Gasteiger charge is -1.89. The molecule has 0 aromatic carbocycles. The molecule has 0 atom stereocenters. The highest BCUT2D eigenvalue weighted by Gasteiger charge is 1.92. The molecular weight excluding hydrogens is 136 g/mol. The van der Waals surface area contributed by atoms with Crippen molar-refractivity contribution >= 4 is 5.78 Å². The monoisotopic (exact) mass is 146 g/mol. The average molecular weight is 146 g/mol. The maximum absolute atomic E-state index is 10.6. The number of terminal acetylenes is 1. The minimum atomic E-state index is -0.0638. The van der Waals surface area contributed by atoms with Crippen molar-refractivity contribution in [2.24, 2.45) is 0 Å². The van der Waals surface area contributed by atoms with E-state index in [0.29, 0.717) is 11.1 Å². The first kappa shape index (κ1) is 9.45. The summed E-state index contributed by atoms with van der Waals surface area (Å²) < 4.78 is 0. The highest BCUT2D eigenvalue weighted by molar-refractivity contribution is 5.95. The van der Waals surface area contributed by atoms with Gasteiger partial charge in [0.1, 0.15) is 0 Å². The first-order valence-electron chi connectivity index (χ1n) is 3.11. The van der Waals surface area contributed by atoms with Crippen LogP contribution in [0.5, 0.6) is 0 Å². The van der Waals surface area contributed by atoms with Gasteiger partial charge >= 0.3 is 0 Å².